The molecule has 3 aliphatic rings. The van der Waals surface area contributed by atoms with Crippen LogP contribution in [0.2, 0.25) is 0 Å². The van der Waals surface area contributed by atoms with E-state index in [2.05, 4.69) is 0 Å². The molecular weight excluding hydrogens is 158 g/mol. The highest BCUT2D eigenvalue weighted by molar-refractivity contribution is 5.04. The summed E-state index contributed by atoms with van der Waals surface area (Å²) < 4.78 is 0. The molecule has 4 unspecified atom stereocenters. The number of hydrogen-bond donors (Lipinski definition) is 1. The van der Waals surface area contributed by atoms with E-state index in [9.17, 15) is 0 Å². The molecule has 2 N–H and O–H groups in total. The molecule has 1 heteroatoms. The second kappa shape index (κ2) is 2.73. The molecule has 0 saturated heterocycles. The molecule has 0 heterocycles. The van der Waals surface area contributed by atoms with E-state index in [1.807, 2.05) is 0 Å². The maximum Gasteiger partial charge on any atom is -0.00719 e. The van der Waals surface area contributed by atoms with Crippen molar-refractivity contribution in [3.63, 3.8) is 0 Å². The SMILES string of the molecule is NCCC12CC3CCC1CC(C3)C2. The first-order valence-corrected chi connectivity index (χ1v) is 6.02. The Morgan fingerprint density at radius 3 is 2.77 bits per heavy atom. The van der Waals surface area contributed by atoms with E-state index in [4.69, 9.17) is 5.73 Å². The van der Waals surface area contributed by atoms with Crippen molar-refractivity contribution in [3.8, 4) is 0 Å². The van der Waals surface area contributed by atoms with Crippen LogP contribution in [0.25, 0.3) is 0 Å². The normalized spacial score (nSPS) is 52.8. The van der Waals surface area contributed by atoms with Gasteiger partial charge in [0.1, 0.15) is 0 Å². The molecule has 3 rings (SSSR count). The monoisotopic (exact) mass is 179 g/mol. The van der Waals surface area contributed by atoms with Gasteiger partial charge in [-0.15, -0.1) is 0 Å². The van der Waals surface area contributed by atoms with Crippen molar-refractivity contribution in [2.24, 2.45) is 28.9 Å². The third-order valence-corrected chi connectivity index (χ3v) is 5.11. The summed E-state index contributed by atoms with van der Waals surface area (Å²) in [7, 11) is 0. The fourth-order valence-electron chi connectivity index (χ4n) is 4.81. The van der Waals surface area contributed by atoms with Crippen molar-refractivity contribution in [2.45, 2.75) is 44.9 Å². The Labute approximate surface area is 81.1 Å². The molecule has 0 spiro atoms. The highest BCUT2D eigenvalue weighted by atomic mass is 14.6. The van der Waals surface area contributed by atoms with Gasteiger partial charge in [0.2, 0.25) is 0 Å². The number of rotatable bonds is 2. The lowest BCUT2D eigenvalue weighted by Gasteiger charge is -2.45. The lowest BCUT2D eigenvalue weighted by atomic mass is 9.60. The summed E-state index contributed by atoms with van der Waals surface area (Å²) in [6, 6.07) is 0. The zero-order chi connectivity index (χ0) is 8.89. The summed E-state index contributed by atoms with van der Waals surface area (Å²) in [4.78, 5) is 0. The van der Waals surface area contributed by atoms with Crippen LogP contribution in [0.3, 0.4) is 0 Å². The second-order valence-corrected chi connectivity index (χ2v) is 5.79. The minimum absolute atomic E-state index is 0.737. The van der Waals surface area contributed by atoms with Gasteiger partial charge in [0, 0.05) is 0 Å². The molecule has 0 aromatic carbocycles. The Morgan fingerprint density at radius 1 is 1.08 bits per heavy atom. The third-order valence-electron chi connectivity index (χ3n) is 5.11. The van der Waals surface area contributed by atoms with Gasteiger partial charge >= 0.3 is 0 Å². The Bertz CT molecular complexity index is 213. The van der Waals surface area contributed by atoms with Gasteiger partial charge in [0.25, 0.3) is 0 Å². The summed E-state index contributed by atoms with van der Waals surface area (Å²) in [5.41, 5.74) is 6.51. The summed E-state index contributed by atoms with van der Waals surface area (Å²) >= 11 is 0. The molecule has 0 aromatic rings. The predicted octanol–water partition coefficient (Wildman–Crippen LogP) is 2.55. The molecular formula is C12H21N. The van der Waals surface area contributed by atoms with Crippen molar-refractivity contribution < 1.29 is 0 Å². The number of hydrogen-bond acceptors (Lipinski definition) is 1. The summed E-state index contributed by atoms with van der Waals surface area (Å²) in [6.45, 7) is 0.927. The summed E-state index contributed by atoms with van der Waals surface area (Å²) in [6.07, 6.45) is 10.6. The Morgan fingerprint density at radius 2 is 1.92 bits per heavy atom. The van der Waals surface area contributed by atoms with Crippen LogP contribution < -0.4 is 5.73 Å². The first-order valence-electron chi connectivity index (χ1n) is 6.02. The quantitative estimate of drug-likeness (QED) is 0.692. The van der Waals surface area contributed by atoms with Crippen LogP contribution in [0.5, 0.6) is 0 Å². The van der Waals surface area contributed by atoms with Gasteiger partial charge in [-0.2, -0.15) is 0 Å². The number of fused-ring (bicyclic) bond motifs is 2. The van der Waals surface area contributed by atoms with Gasteiger partial charge < -0.3 is 5.73 Å². The van der Waals surface area contributed by atoms with Crippen LogP contribution >= 0.6 is 0 Å². The van der Waals surface area contributed by atoms with Crippen LogP contribution in [-0.2, 0) is 0 Å². The predicted molar refractivity (Wildman–Crippen MR) is 54.3 cm³/mol. The van der Waals surface area contributed by atoms with Crippen LogP contribution in [0.15, 0.2) is 0 Å². The van der Waals surface area contributed by atoms with Gasteiger partial charge in [-0.3, -0.25) is 0 Å². The average Bonchev–Trinajstić information content (AvgIpc) is 2.26. The molecule has 0 amide bonds. The van der Waals surface area contributed by atoms with Gasteiger partial charge in [-0.25, -0.2) is 0 Å². The standard InChI is InChI=1S/C12H21N/c13-4-3-12-7-9-1-2-11(12)6-10(5-9)8-12/h9-11H,1-8,13H2. The lowest BCUT2D eigenvalue weighted by Crippen LogP contribution is -2.37. The minimum atomic E-state index is 0.737. The van der Waals surface area contributed by atoms with Crippen molar-refractivity contribution >= 4 is 0 Å². The second-order valence-electron chi connectivity index (χ2n) is 5.79. The Kier molecular flexibility index (Phi) is 1.74. The number of nitrogens with two attached hydrogens (primary N) is 1. The molecule has 3 saturated carbocycles. The van der Waals surface area contributed by atoms with E-state index in [1.165, 1.54) is 32.1 Å². The molecule has 0 radical (unpaired) electrons. The third kappa shape index (κ3) is 1.09. The van der Waals surface area contributed by atoms with E-state index in [0.29, 0.717) is 0 Å². The van der Waals surface area contributed by atoms with Crippen molar-refractivity contribution in [2.75, 3.05) is 6.54 Å². The van der Waals surface area contributed by atoms with Crippen molar-refractivity contribution in [3.05, 3.63) is 0 Å². The molecule has 13 heavy (non-hydrogen) atoms. The van der Waals surface area contributed by atoms with Gasteiger partial charge in [-0.1, -0.05) is 6.42 Å². The fraction of sp³-hybridized carbons (Fsp3) is 1.00. The van der Waals surface area contributed by atoms with E-state index >= 15 is 0 Å². The molecule has 3 fully saturated rings. The fourth-order valence-corrected chi connectivity index (χ4v) is 4.81. The average molecular weight is 179 g/mol. The highest BCUT2D eigenvalue weighted by Crippen LogP contribution is 2.63. The first-order chi connectivity index (χ1) is 6.32. The van der Waals surface area contributed by atoms with Crippen LogP contribution in [0, 0.1) is 23.2 Å². The van der Waals surface area contributed by atoms with Gasteiger partial charge in [0.05, 0.1) is 0 Å². The highest BCUT2D eigenvalue weighted by Gasteiger charge is 2.53. The van der Waals surface area contributed by atoms with Crippen LogP contribution in [0.1, 0.15) is 44.9 Å². The molecule has 4 atom stereocenters. The van der Waals surface area contributed by atoms with E-state index < -0.39 is 0 Å². The first kappa shape index (κ1) is 8.28. The maximum atomic E-state index is 5.77. The van der Waals surface area contributed by atoms with Crippen LogP contribution in [0.4, 0.5) is 0 Å². The van der Waals surface area contributed by atoms with E-state index in [1.54, 1.807) is 12.8 Å². The molecule has 0 aliphatic heterocycles. The zero-order valence-electron chi connectivity index (χ0n) is 8.47. The van der Waals surface area contributed by atoms with Crippen LogP contribution in [-0.4, -0.2) is 6.54 Å². The largest absolute Gasteiger partial charge is 0.330 e. The smallest absolute Gasteiger partial charge is 0.00719 e. The van der Waals surface area contributed by atoms with Crippen molar-refractivity contribution in [1.29, 1.82) is 0 Å². The Hall–Kier alpha value is -0.0400. The molecule has 74 valence electrons. The molecule has 3 aliphatic carbocycles. The van der Waals surface area contributed by atoms with Gasteiger partial charge in [0.15, 0.2) is 0 Å². The van der Waals surface area contributed by atoms with Crippen molar-refractivity contribution in [1.82, 2.24) is 0 Å². The minimum Gasteiger partial charge on any atom is -0.330 e. The van der Waals surface area contributed by atoms with Gasteiger partial charge in [-0.05, 0) is 68.2 Å². The lowest BCUT2D eigenvalue weighted by molar-refractivity contribution is 0.0546. The Balaban J connectivity index is 1.88. The summed E-state index contributed by atoms with van der Waals surface area (Å²) in [5, 5.41) is 0. The topological polar surface area (TPSA) is 26.0 Å². The molecule has 0 aromatic heterocycles. The molecule has 1 nitrogen and oxygen atoms in total. The maximum absolute atomic E-state index is 5.77. The molecule has 3 bridgehead atoms. The zero-order valence-corrected chi connectivity index (χ0v) is 8.47. The van der Waals surface area contributed by atoms with E-state index in [-0.39, 0.29) is 0 Å². The summed E-state index contributed by atoms with van der Waals surface area (Å²) in [5.74, 6) is 3.25. The van der Waals surface area contributed by atoms with E-state index in [0.717, 1.165) is 29.7 Å².